The second-order valence-electron chi connectivity index (χ2n) is 7.01. The molecule has 166 valence electrons. The van der Waals surface area contributed by atoms with Crippen molar-refractivity contribution in [1.29, 1.82) is 5.41 Å². The van der Waals surface area contributed by atoms with E-state index in [4.69, 9.17) is 10.1 Å². The number of rotatable bonds is 4. The van der Waals surface area contributed by atoms with Crippen molar-refractivity contribution < 1.29 is 22.7 Å². The number of hydrazone groups is 1. The quantitative estimate of drug-likeness (QED) is 0.671. The van der Waals surface area contributed by atoms with Gasteiger partial charge in [0.05, 0.1) is 12.2 Å². The fourth-order valence-electron chi connectivity index (χ4n) is 3.45. The Balaban J connectivity index is 1.69. The van der Waals surface area contributed by atoms with Crippen LogP contribution in [0, 0.1) is 19.3 Å². The molecule has 0 saturated heterocycles. The summed E-state index contributed by atoms with van der Waals surface area (Å²) >= 11 is 0.227. The summed E-state index contributed by atoms with van der Waals surface area (Å²) in [6, 6.07) is 9.35. The average Bonchev–Trinajstić information content (AvgIpc) is 3.27. The van der Waals surface area contributed by atoms with Crippen molar-refractivity contribution in [3.8, 4) is 11.4 Å². The van der Waals surface area contributed by atoms with Gasteiger partial charge in [-0.25, -0.2) is 0 Å². The molecule has 0 spiro atoms. The van der Waals surface area contributed by atoms with E-state index in [1.807, 2.05) is 55.7 Å². The van der Waals surface area contributed by atoms with E-state index in [1.165, 1.54) is 6.08 Å². The number of aryl methyl sites for hydroxylation is 1. The van der Waals surface area contributed by atoms with E-state index in [-0.39, 0.29) is 22.5 Å². The van der Waals surface area contributed by atoms with Crippen LogP contribution < -0.4 is 4.74 Å². The molecule has 1 amide bonds. The summed E-state index contributed by atoms with van der Waals surface area (Å²) in [4.78, 5) is 16.2. The van der Waals surface area contributed by atoms with Gasteiger partial charge in [-0.3, -0.25) is 10.2 Å². The first-order valence-corrected chi connectivity index (χ1v) is 10.4. The van der Waals surface area contributed by atoms with E-state index >= 15 is 0 Å². The summed E-state index contributed by atoms with van der Waals surface area (Å²) < 4.78 is 46.4. The lowest BCUT2D eigenvalue weighted by atomic mass is 10.1. The van der Waals surface area contributed by atoms with Crippen molar-refractivity contribution >= 4 is 39.8 Å². The number of fused-ring (bicyclic) bond motifs is 1. The van der Waals surface area contributed by atoms with Crippen molar-refractivity contribution in [2.24, 2.45) is 10.1 Å². The molecule has 4 rings (SSSR count). The maximum Gasteiger partial charge on any atom is 0.441 e. The van der Waals surface area contributed by atoms with Crippen LogP contribution in [-0.2, 0) is 4.79 Å². The van der Waals surface area contributed by atoms with Crippen LogP contribution in [0.25, 0.3) is 11.8 Å². The number of nitrogens with one attached hydrogen (secondary N) is 1. The molecular weight excluding hydrogens is 443 g/mol. The molecule has 11 heteroatoms. The summed E-state index contributed by atoms with van der Waals surface area (Å²) in [5, 5.41) is 11.0. The molecule has 0 unspecified atom stereocenters. The van der Waals surface area contributed by atoms with Crippen LogP contribution in [0.3, 0.4) is 0 Å². The van der Waals surface area contributed by atoms with Crippen LogP contribution in [0.4, 0.5) is 13.2 Å². The van der Waals surface area contributed by atoms with Crippen LogP contribution in [-0.4, -0.2) is 44.3 Å². The number of hydrogen-bond donors (Lipinski definition) is 1. The highest BCUT2D eigenvalue weighted by Crippen LogP contribution is 2.35. The first kappa shape index (κ1) is 21.9. The SMILES string of the molecule is CCOc1ccc(-n2c(C)cc(C=C3C(=N)N4N=C(C(F)(F)F)SC4=NC3=O)c2C)cc1. The summed E-state index contributed by atoms with van der Waals surface area (Å²) in [7, 11) is 0. The Bertz CT molecular complexity index is 1210. The van der Waals surface area contributed by atoms with Crippen LogP contribution >= 0.6 is 11.8 Å². The van der Waals surface area contributed by atoms with E-state index in [2.05, 4.69) is 10.1 Å². The number of carbonyl (C=O) groups is 1. The Labute approximate surface area is 185 Å². The van der Waals surface area contributed by atoms with Gasteiger partial charge in [0.25, 0.3) is 5.91 Å². The predicted molar refractivity (Wildman–Crippen MR) is 117 cm³/mol. The first-order chi connectivity index (χ1) is 15.1. The zero-order valence-corrected chi connectivity index (χ0v) is 18.1. The topological polar surface area (TPSA) is 83.0 Å². The Kier molecular flexibility index (Phi) is 5.45. The predicted octanol–water partition coefficient (Wildman–Crippen LogP) is 4.67. The minimum Gasteiger partial charge on any atom is -0.494 e. The number of nitrogens with zero attached hydrogens (tertiary/aromatic N) is 4. The normalized spacial score (nSPS) is 17.6. The number of amides is 1. The third-order valence-electron chi connectivity index (χ3n) is 4.87. The minimum atomic E-state index is -4.68. The largest absolute Gasteiger partial charge is 0.494 e. The number of aromatic nitrogens is 1. The lowest BCUT2D eigenvalue weighted by Gasteiger charge is -2.20. The molecule has 0 saturated carbocycles. The van der Waals surface area contributed by atoms with Crippen molar-refractivity contribution in [2.75, 3.05) is 6.61 Å². The molecule has 3 heterocycles. The van der Waals surface area contributed by atoms with Gasteiger partial charge in [0.2, 0.25) is 10.2 Å². The molecule has 0 fully saturated rings. The van der Waals surface area contributed by atoms with E-state index in [1.54, 1.807) is 0 Å². The molecule has 1 aromatic heterocycles. The second kappa shape index (κ2) is 7.97. The fraction of sp³-hybridized carbons (Fsp3) is 0.238. The second-order valence-corrected chi connectivity index (χ2v) is 7.97. The molecule has 2 aliphatic heterocycles. The number of benzene rings is 1. The maximum absolute atomic E-state index is 13.0. The van der Waals surface area contributed by atoms with E-state index in [0.29, 0.717) is 12.2 Å². The lowest BCUT2D eigenvalue weighted by molar-refractivity contribution is -0.114. The van der Waals surface area contributed by atoms with Gasteiger partial charge in [0.1, 0.15) is 5.75 Å². The number of alkyl halides is 3. The van der Waals surface area contributed by atoms with Gasteiger partial charge in [-0.2, -0.15) is 28.3 Å². The van der Waals surface area contributed by atoms with Gasteiger partial charge < -0.3 is 9.30 Å². The number of ether oxygens (including phenoxy) is 1. The summed E-state index contributed by atoms with van der Waals surface area (Å²) in [6.07, 6.45) is -3.22. The Morgan fingerprint density at radius 1 is 1.22 bits per heavy atom. The van der Waals surface area contributed by atoms with E-state index in [9.17, 15) is 18.0 Å². The molecule has 0 bridgehead atoms. The van der Waals surface area contributed by atoms with Crippen molar-refractivity contribution in [3.63, 3.8) is 0 Å². The highest BCUT2D eigenvalue weighted by atomic mass is 32.2. The van der Waals surface area contributed by atoms with Crippen LogP contribution in [0.2, 0.25) is 0 Å². The number of thioether (sulfide) groups is 1. The zero-order chi connectivity index (χ0) is 23.2. The van der Waals surface area contributed by atoms with Crippen LogP contribution in [0.1, 0.15) is 23.9 Å². The minimum absolute atomic E-state index is 0.131. The van der Waals surface area contributed by atoms with E-state index < -0.39 is 23.0 Å². The molecule has 2 aliphatic rings. The summed E-state index contributed by atoms with van der Waals surface area (Å²) in [5.74, 6) is -0.478. The Hall–Kier alpha value is -3.34. The van der Waals surface area contributed by atoms with Crippen molar-refractivity contribution in [1.82, 2.24) is 9.58 Å². The standard InChI is InChI=1S/C21H18F3N5O2S/c1-4-31-15-7-5-14(6-8-15)28-11(2)9-13(12(28)3)10-16-17(25)29-20(26-18(16)30)32-19(27-29)21(22,23)24/h5-10,25H,4H2,1-3H3. The highest BCUT2D eigenvalue weighted by molar-refractivity contribution is 8.27. The molecule has 32 heavy (non-hydrogen) atoms. The number of aliphatic imine (C=N–C) groups is 1. The molecule has 0 aliphatic carbocycles. The van der Waals surface area contributed by atoms with Gasteiger partial charge >= 0.3 is 6.18 Å². The Morgan fingerprint density at radius 2 is 1.91 bits per heavy atom. The van der Waals surface area contributed by atoms with Crippen LogP contribution in [0.15, 0.2) is 46.0 Å². The van der Waals surface area contributed by atoms with Crippen molar-refractivity contribution in [3.05, 3.63) is 52.9 Å². The molecule has 1 aromatic carbocycles. The molecule has 1 N–H and O–H groups in total. The Morgan fingerprint density at radius 3 is 2.53 bits per heavy atom. The molecule has 2 aromatic rings. The summed E-state index contributed by atoms with van der Waals surface area (Å²) in [5.41, 5.74) is 3.08. The van der Waals surface area contributed by atoms with Gasteiger partial charge in [0, 0.05) is 17.1 Å². The average molecular weight is 461 g/mol. The van der Waals surface area contributed by atoms with E-state index in [0.717, 1.165) is 27.8 Å². The number of carbonyl (C=O) groups excluding carboxylic acids is 1. The van der Waals surface area contributed by atoms with Gasteiger partial charge in [-0.1, -0.05) is 0 Å². The third kappa shape index (κ3) is 3.83. The van der Waals surface area contributed by atoms with Gasteiger partial charge in [0.15, 0.2) is 5.84 Å². The number of amidine groups is 2. The maximum atomic E-state index is 13.0. The smallest absolute Gasteiger partial charge is 0.441 e. The highest BCUT2D eigenvalue weighted by Gasteiger charge is 2.46. The van der Waals surface area contributed by atoms with Crippen LogP contribution in [0.5, 0.6) is 5.75 Å². The monoisotopic (exact) mass is 461 g/mol. The van der Waals surface area contributed by atoms with Gasteiger partial charge in [-0.15, -0.1) is 0 Å². The zero-order valence-electron chi connectivity index (χ0n) is 17.3. The molecular formula is C21H18F3N5O2S. The van der Waals surface area contributed by atoms with Crippen molar-refractivity contribution in [2.45, 2.75) is 26.9 Å². The molecule has 0 atom stereocenters. The fourth-order valence-corrected chi connectivity index (χ4v) is 4.21. The number of hydrogen-bond acceptors (Lipinski definition) is 5. The third-order valence-corrected chi connectivity index (χ3v) is 5.83. The summed E-state index contributed by atoms with van der Waals surface area (Å²) in [6.45, 7) is 6.22. The molecule has 7 nitrogen and oxygen atoms in total. The lowest BCUT2D eigenvalue weighted by Crippen LogP contribution is -2.35. The number of halogens is 3. The van der Waals surface area contributed by atoms with Gasteiger partial charge in [-0.05, 0) is 74.5 Å². The molecule has 0 radical (unpaired) electrons. The first-order valence-electron chi connectivity index (χ1n) is 9.59.